The molecule has 0 saturated carbocycles. The number of nitrogens with zero attached hydrogens (tertiary/aromatic N) is 1. The van der Waals surface area contributed by atoms with Gasteiger partial charge in [-0.3, -0.25) is 10.1 Å². The molecule has 1 aromatic rings. The molecular weight excluding hydrogens is 232 g/mol. The van der Waals surface area contributed by atoms with Gasteiger partial charge in [0.2, 0.25) is 0 Å². The summed E-state index contributed by atoms with van der Waals surface area (Å²) in [4.78, 5) is 10.5. The third-order valence-corrected chi connectivity index (χ3v) is 3.13. The summed E-state index contributed by atoms with van der Waals surface area (Å²) in [5.74, 6) is 0.319. The van der Waals surface area contributed by atoms with Gasteiger partial charge in [-0.25, -0.2) is 0 Å². The number of benzene rings is 1. The Balaban J connectivity index is 2.49. The number of hydrogen-bond donors (Lipinski definition) is 1. The molecule has 0 saturated heterocycles. The second-order valence-electron chi connectivity index (χ2n) is 4.28. The molecule has 0 spiro atoms. The van der Waals surface area contributed by atoms with E-state index in [0.717, 1.165) is 30.6 Å². The first-order valence-corrected chi connectivity index (χ1v) is 5.86. The SMILES string of the molecule is COc1cc(C2=CCNCC2)c(C)cc1[N+](=O)[O-]. The average molecular weight is 248 g/mol. The van der Waals surface area contributed by atoms with Gasteiger partial charge in [-0.2, -0.15) is 0 Å². The Morgan fingerprint density at radius 2 is 2.22 bits per heavy atom. The summed E-state index contributed by atoms with van der Waals surface area (Å²) in [5, 5.41) is 14.2. The molecule has 0 bridgehead atoms. The largest absolute Gasteiger partial charge is 0.490 e. The molecule has 0 aromatic heterocycles. The standard InChI is InChI=1S/C13H16N2O3/c1-9-7-12(15(16)17)13(18-2)8-11(9)10-3-5-14-6-4-10/h3,7-8,14H,4-6H2,1-2H3. The fraction of sp³-hybridized carbons (Fsp3) is 0.385. The van der Waals surface area contributed by atoms with Gasteiger partial charge in [0.05, 0.1) is 12.0 Å². The van der Waals surface area contributed by atoms with Crippen LogP contribution in [0.15, 0.2) is 18.2 Å². The Morgan fingerprint density at radius 3 is 2.78 bits per heavy atom. The predicted molar refractivity (Wildman–Crippen MR) is 69.8 cm³/mol. The predicted octanol–water partition coefficient (Wildman–Crippen LogP) is 2.29. The summed E-state index contributed by atoms with van der Waals surface area (Å²) in [5.41, 5.74) is 3.20. The molecule has 1 aliphatic rings. The lowest BCUT2D eigenvalue weighted by Crippen LogP contribution is -2.20. The lowest BCUT2D eigenvalue weighted by molar-refractivity contribution is -0.385. The lowest BCUT2D eigenvalue weighted by Gasteiger charge is -2.17. The van der Waals surface area contributed by atoms with Gasteiger partial charge >= 0.3 is 5.69 Å². The zero-order valence-electron chi connectivity index (χ0n) is 10.5. The molecular formula is C13H16N2O3. The van der Waals surface area contributed by atoms with Crippen LogP contribution in [0.25, 0.3) is 5.57 Å². The Kier molecular flexibility index (Phi) is 3.62. The molecule has 18 heavy (non-hydrogen) atoms. The molecule has 1 aliphatic heterocycles. The van der Waals surface area contributed by atoms with Crippen molar-refractivity contribution < 1.29 is 9.66 Å². The molecule has 5 nitrogen and oxygen atoms in total. The molecule has 0 atom stereocenters. The van der Waals surface area contributed by atoms with Crippen molar-refractivity contribution in [3.05, 3.63) is 39.4 Å². The van der Waals surface area contributed by atoms with Crippen molar-refractivity contribution in [3.63, 3.8) is 0 Å². The van der Waals surface area contributed by atoms with E-state index in [9.17, 15) is 10.1 Å². The Morgan fingerprint density at radius 1 is 1.44 bits per heavy atom. The van der Waals surface area contributed by atoms with Crippen LogP contribution in [0.4, 0.5) is 5.69 Å². The summed E-state index contributed by atoms with van der Waals surface area (Å²) in [6.45, 7) is 3.67. The molecule has 1 aromatic carbocycles. The van der Waals surface area contributed by atoms with Crippen molar-refractivity contribution in [2.24, 2.45) is 0 Å². The van der Waals surface area contributed by atoms with Crippen LogP contribution in [0.3, 0.4) is 0 Å². The van der Waals surface area contributed by atoms with Gasteiger partial charge in [0, 0.05) is 12.6 Å². The van der Waals surface area contributed by atoms with Gasteiger partial charge in [0.25, 0.3) is 0 Å². The van der Waals surface area contributed by atoms with E-state index in [1.165, 1.54) is 12.7 Å². The van der Waals surface area contributed by atoms with Gasteiger partial charge in [-0.05, 0) is 42.7 Å². The van der Waals surface area contributed by atoms with Gasteiger partial charge in [0.1, 0.15) is 0 Å². The van der Waals surface area contributed by atoms with E-state index in [4.69, 9.17) is 4.74 Å². The van der Waals surface area contributed by atoms with Gasteiger partial charge in [0.15, 0.2) is 5.75 Å². The fourth-order valence-electron chi connectivity index (χ4n) is 2.19. The summed E-state index contributed by atoms with van der Waals surface area (Å²) in [6.07, 6.45) is 3.05. The molecule has 0 fully saturated rings. The maximum atomic E-state index is 10.9. The van der Waals surface area contributed by atoms with Gasteiger partial charge in [-0.1, -0.05) is 6.08 Å². The molecule has 2 rings (SSSR count). The van der Waals surface area contributed by atoms with Gasteiger partial charge < -0.3 is 10.1 Å². The quantitative estimate of drug-likeness (QED) is 0.658. The van der Waals surface area contributed by atoms with E-state index in [1.54, 1.807) is 12.1 Å². The first kappa shape index (κ1) is 12.6. The van der Waals surface area contributed by atoms with Crippen LogP contribution >= 0.6 is 0 Å². The second-order valence-corrected chi connectivity index (χ2v) is 4.28. The number of methoxy groups -OCH3 is 1. The molecule has 0 unspecified atom stereocenters. The van der Waals surface area contributed by atoms with E-state index >= 15 is 0 Å². The maximum absolute atomic E-state index is 10.9. The molecule has 1 heterocycles. The zero-order valence-corrected chi connectivity index (χ0v) is 10.5. The van der Waals surface area contributed by atoms with E-state index < -0.39 is 4.92 Å². The average Bonchev–Trinajstić information content (AvgIpc) is 2.39. The third kappa shape index (κ3) is 2.36. The number of nitrogens with one attached hydrogen (secondary N) is 1. The normalized spacial score (nSPS) is 15.1. The lowest BCUT2D eigenvalue weighted by atomic mass is 9.95. The van der Waals surface area contributed by atoms with Crippen molar-refractivity contribution in [1.82, 2.24) is 5.32 Å². The highest BCUT2D eigenvalue weighted by Gasteiger charge is 2.19. The summed E-state index contributed by atoms with van der Waals surface area (Å²) < 4.78 is 5.11. The molecule has 0 aliphatic carbocycles. The topological polar surface area (TPSA) is 64.4 Å². The van der Waals surface area contributed by atoms with Crippen molar-refractivity contribution in [3.8, 4) is 5.75 Å². The second kappa shape index (κ2) is 5.18. The van der Waals surface area contributed by atoms with E-state index in [0.29, 0.717) is 5.75 Å². The minimum absolute atomic E-state index is 0.0216. The molecule has 5 heteroatoms. The van der Waals surface area contributed by atoms with Crippen LogP contribution in [0.2, 0.25) is 0 Å². The smallest absolute Gasteiger partial charge is 0.311 e. The first-order valence-electron chi connectivity index (χ1n) is 5.86. The van der Waals surface area contributed by atoms with Gasteiger partial charge in [-0.15, -0.1) is 0 Å². The van der Waals surface area contributed by atoms with Crippen molar-refractivity contribution in [2.45, 2.75) is 13.3 Å². The third-order valence-electron chi connectivity index (χ3n) is 3.13. The monoisotopic (exact) mass is 248 g/mol. The first-order chi connectivity index (χ1) is 8.63. The minimum Gasteiger partial charge on any atom is -0.490 e. The van der Waals surface area contributed by atoms with Crippen LogP contribution in [-0.4, -0.2) is 25.1 Å². The summed E-state index contributed by atoms with van der Waals surface area (Å²) >= 11 is 0. The van der Waals surface area contributed by atoms with Crippen molar-refractivity contribution >= 4 is 11.3 Å². The highest BCUT2D eigenvalue weighted by atomic mass is 16.6. The number of nitro groups is 1. The molecule has 1 N–H and O–H groups in total. The van der Waals surface area contributed by atoms with Crippen LogP contribution in [0.1, 0.15) is 17.5 Å². The van der Waals surface area contributed by atoms with Crippen LogP contribution in [0.5, 0.6) is 5.75 Å². The van der Waals surface area contributed by atoms with E-state index in [2.05, 4.69) is 11.4 Å². The minimum atomic E-state index is -0.410. The number of nitro benzene ring substituents is 1. The van der Waals surface area contributed by atoms with Crippen LogP contribution in [-0.2, 0) is 0 Å². The summed E-state index contributed by atoms with van der Waals surface area (Å²) in [7, 11) is 1.46. The maximum Gasteiger partial charge on any atom is 0.311 e. The highest BCUT2D eigenvalue weighted by molar-refractivity contribution is 5.72. The number of aryl methyl sites for hydroxylation is 1. The zero-order chi connectivity index (χ0) is 13.1. The Bertz CT molecular complexity index is 509. The van der Waals surface area contributed by atoms with Crippen molar-refractivity contribution in [2.75, 3.05) is 20.2 Å². The Labute approximate surface area is 106 Å². The van der Waals surface area contributed by atoms with Crippen LogP contribution < -0.4 is 10.1 Å². The number of ether oxygens (including phenoxy) is 1. The van der Waals surface area contributed by atoms with E-state index in [-0.39, 0.29) is 5.69 Å². The van der Waals surface area contributed by atoms with Crippen molar-refractivity contribution in [1.29, 1.82) is 0 Å². The summed E-state index contributed by atoms with van der Waals surface area (Å²) in [6, 6.07) is 3.35. The molecule has 96 valence electrons. The number of hydrogen-bond acceptors (Lipinski definition) is 4. The Hall–Kier alpha value is -1.88. The fourth-order valence-corrected chi connectivity index (χ4v) is 2.19. The molecule has 0 radical (unpaired) electrons. The van der Waals surface area contributed by atoms with E-state index in [1.807, 2.05) is 6.92 Å². The number of rotatable bonds is 3. The van der Waals surface area contributed by atoms with Crippen LogP contribution in [0, 0.1) is 17.0 Å². The highest BCUT2D eigenvalue weighted by Crippen LogP contribution is 2.34. The molecule has 0 amide bonds.